The van der Waals surface area contributed by atoms with E-state index in [9.17, 15) is 4.79 Å². The first kappa shape index (κ1) is 12.1. The molecule has 3 N–H and O–H groups in total. The highest BCUT2D eigenvalue weighted by molar-refractivity contribution is 6.00. The second-order valence-electron chi connectivity index (χ2n) is 5.48. The number of nitrogens with one attached hydrogen (secondary N) is 1. The molecule has 1 aliphatic rings. The molecule has 0 aliphatic heterocycles. The van der Waals surface area contributed by atoms with E-state index < -0.39 is 0 Å². The molecular formula is C15H19N3O. The Hall–Kier alpha value is -1.97. The van der Waals surface area contributed by atoms with Crippen molar-refractivity contribution in [2.75, 3.05) is 19.3 Å². The quantitative estimate of drug-likeness (QED) is 0.830. The highest BCUT2D eigenvalue weighted by Gasteiger charge is 2.22. The molecule has 0 bridgehead atoms. The maximum atomic E-state index is 12.4. The van der Waals surface area contributed by atoms with Gasteiger partial charge in [-0.3, -0.25) is 4.79 Å². The van der Waals surface area contributed by atoms with Gasteiger partial charge in [-0.05, 0) is 30.9 Å². The number of rotatable bonds is 3. The van der Waals surface area contributed by atoms with Crippen LogP contribution in [0.25, 0.3) is 10.9 Å². The Morgan fingerprint density at radius 2 is 2.26 bits per heavy atom. The van der Waals surface area contributed by atoms with Crippen molar-refractivity contribution in [2.24, 2.45) is 5.92 Å². The summed E-state index contributed by atoms with van der Waals surface area (Å²) in [7, 11) is 1.87. The Labute approximate surface area is 112 Å². The monoisotopic (exact) mass is 257 g/mol. The fourth-order valence-electron chi connectivity index (χ4n) is 2.65. The average Bonchev–Trinajstić information content (AvgIpc) is 2.78. The molecule has 2 aromatic rings. The third kappa shape index (κ3) is 2.18. The first-order valence-electron chi connectivity index (χ1n) is 6.78. The fourth-order valence-corrected chi connectivity index (χ4v) is 2.65. The van der Waals surface area contributed by atoms with Crippen LogP contribution >= 0.6 is 0 Å². The van der Waals surface area contributed by atoms with Crippen molar-refractivity contribution in [3.8, 4) is 0 Å². The molecule has 1 fully saturated rings. The van der Waals surface area contributed by atoms with Crippen LogP contribution < -0.4 is 5.73 Å². The van der Waals surface area contributed by atoms with Gasteiger partial charge in [0, 0.05) is 19.0 Å². The molecule has 0 spiro atoms. The highest BCUT2D eigenvalue weighted by atomic mass is 16.2. The van der Waals surface area contributed by atoms with E-state index >= 15 is 0 Å². The van der Waals surface area contributed by atoms with Gasteiger partial charge in [-0.1, -0.05) is 18.6 Å². The minimum atomic E-state index is 0.0440. The predicted octanol–water partition coefficient (Wildman–Crippen LogP) is 2.62. The van der Waals surface area contributed by atoms with E-state index in [1.54, 1.807) is 0 Å². The number of benzene rings is 1. The number of hydrogen-bond donors (Lipinski definition) is 2. The van der Waals surface area contributed by atoms with Crippen molar-refractivity contribution in [3.05, 3.63) is 30.0 Å². The number of aromatic nitrogens is 1. The van der Waals surface area contributed by atoms with E-state index in [1.807, 2.05) is 36.2 Å². The zero-order valence-electron chi connectivity index (χ0n) is 11.1. The number of aromatic amines is 1. The summed E-state index contributed by atoms with van der Waals surface area (Å²) in [5.74, 6) is 0.728. The van der Waals surface area contributed by atoms with Crippen molar-refractivity contribution in [3.63, 3.8) is 0 Å². The van der Waals surface area contributed by atoms with Crippen LogP contribution in [0.2, 0.25) is 0 Å². The van der Waals surface area contributed by atoms with E-state index in [1.165, 1.54) is 19.3 Å². The number of carbonyl (C=O) groups is 1. The molecule has 3 rings (SSSR count). The van der Waals surface area contributed by atoms with Gasteiger partial charge < -0.3 is 15.6 Å². The molecule has 1 saturated carbocycles. The molecule has 1 heterocycles. The molecule has 1 amide bonds. The Bertz CT molecular complexity index is 613. The van der Waals surface area contributed by atoms with Crippen molar-refractivity contribution in [1.29, 1.82) is 0 Å². The molecule has 100 valence electrons. The van der Waals surface area contributed by atoms with Gasteiger partial charge in [-0.15, -0.1) is 0 Å². The van der Waals surface area contributed by atoms with Crippen LogP contribution in [0.3, 0.4) is 0 Å². The van der Waals surface area contributed by atoms with Crippen molar-refractivity contribution in [1.82, 2.24) is 9.88 Å². The highest BCUT2D eigenvalue weighted by Crippen LogP contribution is 2.27. The number of carbonyl (C=O) groups excluding carboxylic acids is 1. The summed E-state index contributed by atoms with van der Waals surface area (Å²) in [5.41, 5.74) is 8.05. The molecule has 0 radical (unpaired) electrons. The molecule has 4 heteroatoms. The normalized spacial score (nSPS) is 15.4. The third-order valence-corrected chi connectivity index (χ3v) is 4.02. The smallest absolute Gasteiger partial charge is 0.270 e. The van der Waals surface area contributed by atoms with E-state index in [0.29, 0.717) is 17.3 Å². The second kappa shape index (κ2) is 4.61. The maximum absolute atomic E-state index is 12.4. The largest absolute Gasteiger partial charge is 0.397 e. The van der Waals surface area contributed by atoms with Crippen LogP contribution in [0, 0.1) is 5.92 Å². The molecule has 1 aliphatic carbocycles. The molecule has 19 heavy (non-hydrogen) atoms. The summed E-state index contributed by atoms with van der Waals surface area (Å²) in [6.07, 6.45) is 3.80. The molecule has 0 atom stereocenters. The molecular weight excluding hydrogens is 238 g/mol. The van der Waals surface area contributed by atoms with Crippen molar-refractivity contribution < 1.29 is 4.79 Å². The number of amides is 1. The van der Waals surface area contributed by atoms with E-state index in [4.69, 9.17) is 5.73 Å². The summed E-state index contributed by atoms with van der Waals surface area (Å²) in [6, 6.07) is 7.58. The summed E-state index contributed by atoms with van der Waals surface area (Å²) in [4.78, 5) is 17.3. The van der Waals surface area contributed by atoms with Gasteiger partial charge in [0.2, 0.25) is 0 Å². The SMILES string of the molecule is CN(CC1CCC1)C(=O)c1cc2cccc(N)c2[nH]1. The number of nitrogens with zero attached hydrogens (tertiary/aromatic N) is 1. The average molecular weight is 257 g/mol. The van der Waals surface area contributed by atoms with E-state index in [-0.39, 0.29) is 5.91 Å². The van der Waals surface area contributed by atoms with Gasteiger partial charge in [-0.25, -0.2) is 0 Å². The van der Waals surface area contributed by atoms with Crippen LogP contribution in [0.4, 0.5) is 5.69 Å². The molecule has 0 saturated heterocycles. The van der Waals surface area contributed by atoms with Gasteiger partial charge in [0.25, 0.3) is 5.91 Å². The summed E-state index contributed by atoms with van der Waals surface area (Å²) >= 11 is 0. The van der Waals surface area contributed by atoms with Crippen LogP contribution in [-0.4, -0.2) is 29.4 Å². The number of nitrogens with two attached hydrogens (primary N) is 1. The lowest BCUT2D eigenvalue weighted by molar-refractivity contribution is 0.0740. The van der Waals surface area contributed by atoms with Gasteiger partial charge >= 0.3 is 0 Å². The van der Waals surface area contributed by atoms with E-state index in [2.05, 4.69) is 4.98 Å². The topological polar surface area (TPSA) is 62.1 Å². The second-order valence-corrected chi connectivity index (χ2v) is 5.48. The van der Waals surface area contributed by atoms with Crippen LogP contribution in [-0.2, 0) is 0 Å². The molecule has 1 aromatic heterocycles. The third-order valence-electron chi connectivity index (χ3n) is 4.02. The zero-order chi connectivity index (χ0) is 13.4. The van der Waals surface area contributed by atoms with Gasteiger partial charge in [0.15, 0.2) is 0 Å². The molecule has 0 unspecified atom stereocenters. The summed E-state index contributed by atoms with van der Waals surface area (Å²) in [5, 5.41) is 0.986. The maximum Gasteiger partial charge on any atom is 0.270 e. The lowest BCUT2D eigenvalue weighted by atomic mass is 9.85. The Balaban J connectivity index is 1.82. The van der Waals surface area contributed by atoms with Crippen LogP contribution in [0.15, 0.2) is 24.3 Å². The predicted molar refractivity (Wildman–Crippen MR) is 77.0 cm³/mol. The minimum Gasteiger partial charge on any atom is -0.397 e. The van der Waals surface area contributed by atoms with Crippen LogP contribution in [0.1, 0.15) is 29.8 Å². The van der Waals surface area contributed by atoms with Gasteiger partial charge in [0.05, 0.1) is 11.2 Å². The Morgan fingerprint density at radius 1 is 1.47 bits per heavy atom. The molecule has 4 nitrogen and oxygen atoms in total. The van der Waals surface area contributed by atoms with Gasteiger partial charge in [0.1, 0.15) is 5.69 Å². The van der Waals surface area contributed by atoms with Crippen LogP contribution in [0.5, 0.6) is 0 Å². The summed E-state index contributed by atoms with van der Waals surface area (Å²) < 4.78 is 0. The number of H-pyrrole nitrogens is 1. The Kier molecular flexibility index (Phi) is 2.93. The standard InChI is InChI=1S/C15H19N3O/c1-18(9-10-4-2-5-10)15(19)13-8-11-6-3-7-12(16)14(11)17-13/h3,6-8,10,17H,2,4-5,9,16H2,1H3. The van der Waals surface area contributed by atoms with Crippen molar-refractivity contribution >= 4 is 22.5 Å². The number of fused-ring (bicyclic) bond motifs is 1. The lowest BCUT2D eigenvalue weighted by Gasteiger charge is -2.29. The first-order valence-corrected chi connectivity index (χ1v) is 6.78. The van der Waals surface area contributed by atoms with Gasteiger partial charge in [-0.2, -0.15) is 0 Å². The molecule has 1 aromatic carbocycles. The Morgan fingerprint density at radius 3 is 2.89 bits per heavy atom. The lowest BCUT2D eigenvalue weighted by Crippen LogP contribution is -2.34. The zero-order valence-corrected chi connectivity index (χ0v) is 11.1. The number of anilines is 1. The number of nitrogen functional groups attached to an aromatic ring is 1. The number of hydrogen-bond acceptors (Lipinski definition) is 2. The number of para-hydroxylation sites is 1. The first-order chi connectivity index (χ1) is 9.15. The van der Waals surface area contributed by atoms with Crippen molar-refractivity contribution in [2.45, 2.75) is 19.3 Å². The summed E-state index contributed by atoms with van der Waals surface area (Å²) in [6.45, 7) is 0.851. The van der Waals surface area contributed by atoms with E-state index in [0.717, 1.165) is 17.4 Å². The minimum absolute atomic E-state index is 0.0440. The fraction of sp³-hybridized carbons (Fsp3) is 0.400.